The van der Waals surface area contributed by atoms with Gasteiger partial charge in [0.25, 0.3) is 5.91 Å². The predicted molar refractivity (Wildman–Crippen MR) is 72.4 cm³/mol. The lowest BCUT2D eigenvalue weighted by Gasteiger charge is -2.47. The molecule has 2 saturated heterocycles. The molecule has 0 saturated carbocycles. The molecule has 0 radical (unpaired) electrons. The number of hydrogen-bond donors (Lipinski definition) is 0. The summed E-state index contributed by atoms with van der Waals surface area (Å²) < 4.78 is 12.7. The lowest BCUT2D eigenvalue weighted by Crippen LogP contribution is -2.63. The van der Waals surface area contributed by atoms with E-state index < -0.39 is 0 Å². The van der Waals surface area contributed by atoms with Crippen LogP contribution in [0, 0.1) is 5.92 Å². The van der Waals surface area contributed by atoms with Crippen molar-refractivity contribution in [3.8, 4) is 0 Å². The summed E-state index contributed by atoms with van der Waals surface area (Å²) in [6.07, 6.45) is 3.72. The molecule has 0 aliphatic carbocycles. The molecule has 1 unspecified atom stereocenters. The van der Waals surface area contributed by atoms with Gasteiger partial charge in [0, 0.05) is 27.0 Å². The molecule has 1 aromatic heterocycles. The molecule has 20 heavy (non-hydrogen) atoms. The fraction of sp³-hybridized carbons (Fsp3) is 0.714. The minimum Gasteiger partial charge on any atom is -0.385 e. The largest absolute Gasteiger partial charge is 0.385 e. The Bertz CT molecular complexity index is 494. The van der Waals surface area contributed by atoms with E-state index in [9.17, 15) is 4.79 Å². The number of carbonyl (C=O) groups is 1. The van der Waals surface area contributed by atoms with Crippen LogP contribution in [0.5, 0.6) is 0 Å². The number of aryl methyl sites for hydroxylation is 1. The molecule has 2 fully saturated rings. The molecule has 6 nitrogen and oxygen atoms in total. The molecule has 1 spiro atoms. The highest BCUT2D eigenvalue weighted by Crippen LogP contribution is 2.39. The maximum absolute atomic E-state index is 12.3. The zero-order chi connectivity index (χ0) is 14.2. The van der Waals surface area contributed by atoms with Gasteiger partial charge in [-0.25, -0.2) is 0 Å². The number of ether oxygens (including phenoxy) is 2. The first kappa shape index (κ1) is 13.6. The summed E-state index contributed by atoms with van der Waals surface area (Å²) in [4.78, 5) is 14.1. The number of rotatable bonds is 4. The highest BCUT2D eigenvalue weighted by atomic mass is 16.5. The van der Waals surface area contributed by atoms with Crippen LogP contribution < -0.4 is 0 Å². The minimum atomic E-state index is -0.105. The van der Waals surface area contributed by atoms with Crippen molar-refractivity contribution < 1.29 is 14.3 Å². The first-order valence-electron chi connectivity index (χ1n) is 7.04. The van der Waals surface area contributed by atoms with Gasteiger partial charge in [-0.2, -0.15) is 5.10 Å². The summed E-state index contributed by atoms with van der Waals surface area (Å²) in [5, 5.41) is 4.04. The van der Waals surface area contributed by atoms with Crippen molar-refractivity contribution in [3.63, 3.8) is 0 Å². The zero-order valence-corrected chi connectivity index (χ0v) is 12.0. The molecule has 1 amide bonds. The van der Waals surface area contributed by atoms with Crippen molar-refractivity contribution in [2.75, 3.05) is 33.4 Å². The van der Waals surface area contributed by atoms with Crippen LogP contribution in [0.2, 0.25) is 0 Å². The van der Waals surface area contributed by atoms with Crippen LogP contribution in [0.15, 0.2) is 12.3 Å². The van der Waals surface area contributed by atoms with Crippen LogP contribution in [0.3, 0.4) is 0 Å². The Hall–Kier alpha value is -1.40. The third kappa shape index (κ3) is 2.33. The number of hydrogen-bond acceptors (Lipinski definition) is 4. The van der Waals surface area contributed by atoms with Crippen molar-refractivity contribution in [1.29, 1.82) is 0 Å². The third-order valence-corrected chi connectivity index (χ3v) is 4.30. The van der Waals surface area contributed by atoms with E-state index in [2.05, 4.69) is 5.10 Å². The highest BCUT2D eigenvalue weighted by Gasteiger charge is 2.51. The fourth-order valence-electron chi connectivity index (χ4n) is 3.17. The van der Waals surface area contributed by atoms with Crippen LogP contribution in [0.1, 0.15) is 23.3 Å². The van der Waals surface area contributed by atoms with Crippen molar-refractivity contribution >= 4 is 5.91 Å². The quantitative estimate of drug-likeness (QED) is 0.813. The van der Waals surface area contributed by atoms with Crippen LogP contribution in [0.4, 0.5) is 0 Å². The molecule has 110 valence electrons. The zero-order valence-electron chi connectivity index (χ0n) is 12.0. The van der Waals surface area contributed by atoms with E-state index in [1.165, 1.54) is 0 Å². The molecule has 0 aromatic carbocycles. The van der Waals surface area contributed by atoms with Crippen LogP contribution in [-0.2, 0) is 16.5 Å². The number of amides is 1. The van der Waals surface area contributed by atoms with E-state index in [0.29, 0.717) is 24.7 Å². The average molecular weight is 279 g/mol. The van der Waals surface area contributed by atoms with E-state index in [1.54, 1.807) is 31.1 Å². The maximum atomic E-state index is 12.3. The summed E-state index contributed by atoms with van der Waals surface area (Å²) in [6, 6.07) is 1.75. The van der Waals surface area contributed by atoms with Gasteiger partial charge in [0.15, 0.2) is 0 Å². The topological polar surface area (TPSA) is 56.6 Å². The minimum absolute atomic E-state index is 0.0413. The lowest BCUT2D eigenvalue weighted by molar-refractivity contribution is -0.0953. The van der Waals surface area contributed by atoms with Gasteiger partial charge in [-0.05, 0) is 24.8 Å². The smallest absolute Gasteiger partial charge is 0.272 e. The normalized spacial score (nSPS) is 24.1. The summed E-state index contributed by atoms with van der Waals surface area (Å²) >= 11 is 0. The first-order chi connectivity index (χ1) is 9.63. The van der Waals surface area contributed by atoms with E-state index in [4.69, 9.17) is 9.47 Å². The second-order valence-electron chi connectivity index (χ2n) is 5.85. The number of carbonyl (C=O) groups excluding carboxylic acids is 1. The van der Waals surface area contributed by atoms with E-state index in [1.807, 2.05) is 4.90 Å². The molecule has 2 aliphatic rings. The molecular weight excluding hydrogens is 258 g/mol. The molecular formula is C14H21N3O3. The molecule has 3 rings (SSSR count). The number of methoxy groups -OCH3 is 1. The predicted octanol–water partition coefficient (Wildman–Crippen LogP) is 0.688. The summed E-state index contributed by atoms with van der Waals surface area (Å²) in [6.45, 7) is 2.96. The first-order valence-corrected chi connectivity index (χ1v) is 7.04. The summed E-state index contributed by atoms with van der Waals surface area (Å²) in [5.41, 5.74) is 0.529. The summed E-state index contributed by atoms with van der Waals surface area (Å²) in [5.74, 6) is 0.600. The van der Waals surface area contributed by atoms with Crippen molar-refractivity contribution in [2.24, 2.45) is 13.0 Å². The Morgan fingerprint density at radius 1 is 1.60 bits per heavy atom. The number of nitrogens with zero attached hydrogens (tertiary/aromatic N) is 3. The monoisotopic (exact) mass is 279 g/mol. The highest BCUT2D eigenvalue weighted by molar-refractivity contribution is 5.93. The van der Waals surface area contributed by atoms with Gasteiger partial charge < -0.3 is 14.4 Å². The second-order valence-corrected chi connectivity index (χ2v) is 5.85. The Balaban J connectivity index is 1.54. The maximum Gasteiger partial charge on any atom is 0.272 e. The fourth-order valence-corrected chi connectivity index (χ4v) is 3.17. The van der Waals surface area contributed by atoms with Crippen molar-refractivity contribution in [3.05, 3.63) is 18.0 Å². The molecule has 6 heteroatoms. The molecule has 3 heterocycles. The van der Waals surface area contributed by atoms with Gasteiger partial charge in [-0.1, -0.05) is 0 Å². The van der Waals surface area contributed by atoms with Gasteiger partial charge >= 0.3 is 0 Å². The molecule has 0 N–H and O–H groups in total. The van der Waals surface area contributed by atoms with Crippen LogP contribution >= 0.6 is 0 Å². The second kappa shape index (κ2) is 5.18. The van der Waals surface area contributed by atoms with Gasteiger partial charge in [-0.3, -0.25) is 9.48 Å². The summed E-state index contributed by atoms with van der Waals surface area (Å²) in [7, 11) is 3.51. The lowest BCUT2D eigenvalue weighted by atomic mass is 9.86. The number of likely N-dealkylation sites (tertiary alicyclic amines) is 1. The van der Waals surface area contributed by atoms with E-state index in [0.717, 1.165) is 26.1 Å². The van der Waals surface area contributed by atoms with Crippen LogP contribution in [-0.4, -0.2) is 59.6 Å². The van der Waals surface area contributed by atoms with Crippen molar-refractivity contribution in [2.45, 2.75) is 18.4 Å². The Morgan fingerprint density at radius 2 is 2.40 bits per heavy atom. The van der Waals surface area contributed by atoms with Gasteiger partial charge in [-0.15, -0.1) is 0 Å². The molecule has 1 atom stereocenters. The van der Waals surface area contributed by atoms with Gasteiger partial charge in [0.05, 0.1) is 19.7 Å². The average Bonchev–Trinajstić information content (AvgIpc) is 3.00. The van der Waals surface area contributed by atoms with Crippen molar-refractivity contribution in [1.82, 2.24) is 14.7 Å². The van der Waals surface area contributed by atoms with Gasteiger partial charge in [0.1, 0.15) is 11.3 Å². The van der Waals surface area contributed by atoms with E-state index in [-0.39, 0.29) is 11.5 Å². The molecule has 0 bridgehead atoms. The van der Waals surface area contributed by atoms with Crippen LogP contribution in [0.25, 0.3) is 0 Å². The third-order valence-electron chi connectivity index (χ3n) is 4.30. The Labute approximate surface area is 118 Å². The Kier molecular flexibility index (Phi) is 3.52. The Morgan fingerprint density at radius 3 is 3.05 bits per heavy atom. The molecule has 1 aromatic rings. The number of aromatic nitrogens is 2. The standard InChI is InChI=1S/C14H21N3O3/c1-16-12(3-5-15-16)13(18)17-9-14(10-17)7-11(8-20-14)4-6-19-2/h3,5,11H,4,6-10H2,1-2H3. The SMILES string of the molecule is COCCC1COC2(C1)CN(C(=O)c1ccnn1C)C2. The van der Waals surface area contributed by atoms with E-state index >= 15 is 0 Å². The molecule has 2 aliphatic heterocycles. The van der Waals surface area contributed by atoms with Gasteiger partial charge in [0.2, 0.25) is 0 Å².